The highest BCUT2D eigenvalue weighted by Gasteiger charge is 1.96. The minimum Gasteiger partial charge on any atom is -0.367 e. The standard InChI is InChI=1S/C6H12NO2/c1-9-6(7)4-2-3-5-8/h6H,2-4,7H2,1H3. The lowest BCUT2D eigenvalue weighted by Gasteiger charge is -2.05. The summed E-state index contributed by atoms with van der Waals surface area (Å²) in [6.07, 6.45) is 3.51. The van der Waals surface area contributed by atoms with Gasteiger partial charge in [-0.05, 0) is 12.8 Å². The molecule has 2 N–H and O–H groups in total. The van der Waals surface area contributed by atoms with Crippen molar-refractivity contribution < 1.29 is 9.53 Å². The number of carbonyl (C=O) groups excluding carboxylic acids is 1. The Morgan fingerprint density at radius 2 is 2.44 bits per heavy atom. The zero-order valence-corrected chi connectivity index (χ0v) is 5.59. The van der Waals surface area contributed by atoms with Gasteiger partial charge in [-0.15, -0.1) is 0 Å². The molecule has 3 nitrogen and oxygen atoms in total. The van der Waals surface area contributed by atoms with Crippen molar-refractivity contribution in [1.82, 2.24) is 0 Å². The van der Waals surface area contributed by atoms with E-state index in [2.05, 4.69) is 0 Å². The lowest BCUT2D eigenvalue weighted by Crippen LogP contribution is -2.21. The molecule has 0 aromatic rings. The molecule has 0 spiro atoms. The predicted octanol–water partition coefficient (Wildman–Crippen LogP) is 0.198. The van der Waals surface area contributed by atoms with E-state index in [0.717, 1.165) is 12.8 Å². The highest BCUT2D eigenvalue weighted by molar-refractivity contribution is 5.50. The lowest BCUT2D eigenvalue weighted by molar-refractivity contribution is 0.0995. The Kier molecular flexibility index (Phi) is 5.46. The largest absolute Gasteiger partial charge is 0.367 e. The van der Waals surface area contributed by atoms with Crippen LogP contribution >= 0.6 is 0 Å². The minimum atomic E-state index is -0.224. The fourth-order valence-electron chi connectivity index (χ4n) is 0.493. The third-order valence-corrected chi connectivity index (χ3v) is 1.07. The Morgan fingerprint density at radius 3 is 2.89 bits per heavy atom. The first-order chi connectivity index (χ1) is 4.31. The number of hydrogen-bond acceptors (Lipinski definition) is 3. The van der Waals surface area contributed by atoms with Crippen LogP contribution in [-0.2, 0) is 9.53 Å². The summed E-state index contributed by atoms with van der Waals surface area (Å²) in [5.41, 5.74) is 5.36. The molecule has 0 saturated heterocycles. The van der Waals surface area contributed by atoms with Gasteiger partial charge >= 0.3 is 0 Å². The van der Waals surface area contributed by atoms with Crippen LogP contribution in [0.15, 0.2) is 0 Å². The predicted molar refractivity (Wildman–Crippen MR) is 34.5 cm³/mol. The quantitative estimate of drug-likeness (QED) is 0.427. The maximum atomic E-state index is 9.67. The van der Waals surface area contributed by atoms with Crippen LogP contribution in [-0.4, -0.2) is 19.6 Å². The van der Waals surface area contributed by atoms with Gasteiger partial charge in [-0.3, -0.25) is 4.79 Å². The molecule has 0 aromatic carbocycles. The summed E-state index contributed by atoms with van der Waals surface area (Å²) in [4.78, 5) is 9.67. The number of ether oxygens (including phenoxy) is 1. The molecule has 1 unspecified atom stereocenters. The van der Waals surface area contributed by atoms with Crippen LogP contribution in [0.3, 0.4) is 0 Å². The van der Waals surface area contributed by atoms with Gasteiger partial charge in [0.25, 0.3) is 0 Å². The van der Waals surface area contributed by atoms with Crippen LogP contribution in [0.2, 0.25) is 0 Å². The second kappa shape index (κ2) is 5.72. The fourth-order valence-corrected chi connectivity index (χ4v) is 0.493. The van der Waals surface area contributed by atoms with Gasteiger partial charge in [-0.1, -0.05) is 0 Å². The zero-order valence-electron chi connectivity index (χ0n) is 5.59. The van der Waals surface area contributed by atoms with E-state index in [-0.39, 0.29) is 6.23 Å². The van der Waals surface area contributed by atoms with Crippen LogP contribution in [0.25, 0.3) is 0 Å². The Balaban J connectivity index is 2.96. The minimum absolute atomic E-state index is 0.224. The van der Waals surface area contributed by atoms with Gasteiger partial charge in [-0.25, -0.2) is 0 Å². The molecule has 0 aliphatic heterocycles. The van der Waals surface area contributed by atoms with Crippen molar-refractivity contribution in [3.05, 3.63) is 0 Å². The molecule has 1 radical (unpaired) electrons. The molecule has 3 heteroatoms. The summed E-state index contributed by atoms with van der Waals surface area (Å²) >= 11 is 0. The molecule has 9 heavy (non-hydrogen) atoms. The van der Waals surface area contributed by atoms with Gasteiger partial charge in [-0.2, -0.15) is 0 Å². The number of methoxy groups -OCH3 is 1. The maximum absolute atomic E-state index is 9.67. The first-order valence-electron chi connectivity index (χ1n) is 2.94. The average molecular weight is 130 g/mol. The van der Waals surface area contributed by atoms with Crippen LogP contribution < -0.4 is 5.73 Å². The number of unbranched alkanes of at least 4 members (excludes halogenated alkanes) is 1. The van der Waals surface area contributed by atoms with E-state index in [4.69, 9.17) is 10.5 Å². The molecule has 0 bridgehead atoms. The van der Waals surface area contributed by atoms with Crippen molar-refractivity contribution in [3.63, 3.8) is 0 Å². The molecule has 0 saturated carbocycles. The molecule has 0 heterocycles. The topological polar surface area (TPSA) is 52.3 Å². The summed E-state index contributed by atoms with van der Waals surface area (Å²) in [6, 6.07) is 0. The fraction of sp³-hybridized carbons (Fsp3) is 0.833. The Morgan fingerprint density at radius 1 is 1.78 bits per heavy atom. The van der Waals surface area contributed by atoms with Crippen molar-refractivity contribution in [2.24, 2.45) is 5.73 Å². The molecular weight excluding hydrogens is 118 g/mol. The van der Waals surface area contributed by atoms with Gasteiger partial charge in [0.05, 0.1) is 0 Å². The summed E-state index contributed by atoms with van der Waals surface area (Å²) < 4.78 is 4.74. The van der Waals surface area contributed by atoms with E-state index in [1.165, 1.54) is 0 Å². The third-order valence-electron chi connectivity index (χ3n) is 1.07. The highest BCUT2D eigenvalue weighted by atomic mass is 16.5. The highest BCUT2D eigenvalue weighted by Crippen LogP contribution is 1.96. The SMILES string of the molecule is COC(N)CCC[C]=O. The van der Waals surface area contributed by atoms with E-state index in [9.17, 15) is 4.79 Å². The first kappa shape index (κ1) is 8.59. The van der Waals surface area contributed by atoms with Crippen LogP contribution in [0.4, 0.5) is 0 Å². The van der Waals surface area contributed by atoms with Crippen molar-refractivity contribution >= 4 is 6.29 Å². The molecular formula is C6H12NO2. The zero-order chi connectivity index (χ0) is 7.11. The van der Waals surface area contributed by atoms with Gasteiger partial charge in [0, 0.05) is 13.5 Å². The van der Waals surface area contributed by atoms with Gasteiger partial charge in [0.2, 0.25) is 0 Å². The monoisotopic (exact) mass is 130 g/mol. The van der Waals surface area contributed by atoms with E-state index in [0.29, 0.717) is 6.42 Å². The normalized spacial score (nSPS) is 13.1. The molecule has 1 atom stereocenters. The molecule has 0 rings (SSSR count). The van der Waals surface area contributed by atoms with Gasteiger partial charge < -0.3 is 10.5 Å². The molecule has 0 fully saturated rings. The molecule has 53 valence electrons. The smallest absolute Gasteiger partial charge is 0.198 e. The molecule has 0 aliphatic rings. The van der Waals surface area contributed by atoms with Crippen molar-refractivity contribution in [2.45, 2.75) is 25.5 Å². The van der Waals surface area contributed by atoms with Crippen LogP contribution in [0.1, 0.15) is 19.3 Å². The summed E-state index contributed by atoms with van der Waals surface area (Å²) in [5, 5.41) is 0. The lowest BCUT2D eigenvalue weighted by atomic mass is 10.2. The van der Waals surface area contributed by atoms with Crippen LogP contribution in [0, 0.1) is 0 Å². The van der Waals surface area contributed by atoms with E-state index < -0.39 is 0 Å². The third kappa shape index (κ3) is 5.46. The van der Waals surface area contributed by atoms with E-state index in [1.54, 1.807) is 13.4 Å². The van der Waals surface area contributed by atoms with Crippen molar-refractivity contribution in [3.8, 4) is 0 Å². The maximum Gasteiger partial charge on any atom is 0.198 e. The Bertz CT molecular complexity index is 75.5. The summed E-state index contributed by atoms with van der Waals surface area (Å²) in [7, 11) is 1.55. The van der Waals surface area contributed by atoms with Gasteiger partial charge in [0.15, 0.2) is 6.29 Å². The number of nitrogens with two attached hydrogens (primary N) is 1. The second-order valence-electron chi connectivity index (χ2n) is 1.81. The van der Waals surface area contributed by atoms with Crippen molar-refractivity contribution in [2.75, 3.05) is 7.11 Å². The molecule has 0 aromatic heterocycles. The second-order valence-corrected chi connectivity index (χ2v) is 1.81. The first-order valence-corrected chi connectivity index (χ1v) is 2.94. The summed E-state index contributed by atoms with van der Waals surface area (Å²) in [5.74, 6) is 0. The number of hydrogen-bond donors (Lipinski definition) is 1. The van der Waals surface area contributed by atoms with Crippen molar-refractivity contribution in [1.29, 1.82) is 0 Å². The average Bonchev–Trinajstić information content (AvgIpc) is 1.89. The Labute approximate surface area is 55.2 Å². The number of rotatable bonds is 5. The molecule has 0 amide bonds. The molecule has 0 aliphatic carbocycles. The van der Waals surface area contributed by atoms with E-state index >= 15 is 0 Å². The Hall–Kier alpha value is -0.410. The van der Waals surface area contributed by atoms with Gasteiger partial charge in [0.1, 0.15) is 6.23 Å². The van der Waals surface area contributed by atoms with E-state index in [1.807, 2.05) is 0 Å². The summed E-state index contributed by atoms with van der Waals surface area (Å²) in [6.45, 7) is 0. The van der Waals surface area contributed by atoms with Crippen LogP contribution in [0.5, 0.6) is 0 Å².